The van der Waals surface area contributed by atoms with Crippen LogP contribution in [0.15, 0.2) is 36.4 Å². The summed E-state index contributed by atoms with van der Waals surface area (Å²) in [5.74, 6) is 0.340. The van der Waals surface area contributed by atoms with Crippen molar-refractivity contribution in [3.63, 3.8) is 0 Å². The Bertz CT molecular complexity index is 627. The van der Waals surface area contributed by atoms with Crippen LogP contribution in [0, 0.1) is 17.8 Å². The van der Waals surface area contributed by atoms with Gasteiger partial charge in [0.25, 0.3) is 0 Å². The number of nitrogens with one attached hydrogen (secondary N) is 1. The van der Waals surface area contributed by atoms with Crippen LogP contribution in [0.3, 0.4) is 0 Å². The van der Waals surface area contributed by atoms with Crippen LogP contribution in [0.25, 0.3) is 0 Å². The number of aliphatic carboxylic acids is 1. The molecule has 0 heterocycles. The number of carboxylic acids is 1. The first-order chi connectivity index (χ1) is 14.4. The van der Waals surface area contributed by atoms with E-state index in [1.54, 1.807) is 18.2 Å². The van der Waals surface area contributed by atoms with Gasteiger partial charge >= 0.3 is 5.97 Å². The average molecular weight is 418 g/mol. The third kappa shape index (κ3) is 12.4. The van der Waals surface area contributed by atoms with Crippen molar-refractivity contribution in [2.75, 3.05) is 13.6 Å². The quantitative estimate of drug-likeness (QED) is 0.189. The second kappa shape index (κ2) is 15.7. The summed E-state index contributed by atoms with van der Waals surface area (Å²) >= 11 is 0. The molecule has 3 atom stereocenters. The molecule has 30 heavy (non-hydrogen) atoms. The number of phenols is 1. The van der Waals surface area contributed by atoms with E-state index in [-0.39, 0.29) is 11.8 Å². The Kier molecular flexibility index (Phi) is 13.5. The number of carboxylic acid groups (broad SMARTS) is 1. The number of rotatable bonds is 17. The average Bonchev–Trinajstić information content (AvgIpc) is 2.72. The van der Waals surface area contributed by atoms with E-state index in [2.05, 4.69) is 5.32 Å². The van der Waals surface area contributed by atoms with E-state index in [0.29, 0.717) is 11.7 Å². The summed E-state index contributed by atoms with van der Waals surface area (Å²) in [6.45, 7) is 2.75. The lowest BCUT2D eigenvalue weighted by Gasteiger charge is -2.19. The molecule has 0 spiro atoms. The number of unbranched alkanes of at least 4 members (excludes halogenated alkanes) is 2. The Hall–Kier alpha value is -2.14. The highest BCUT2D eigenvalue weighted by Crippen LogP contribution is 2.24. The van der Waals surface area contributed by atoms with Gasteiger partial charge in [-0.1, -0.05) is 63.7 Å². The summed E-state index contributed by atoms with van der Waals surface area (Å²) in [5.41, 5.74) is 1.24. The van der Waals surface area contributed by atoms with Gasteiger partial charge in [-0.05, 0) is 55.8 Å². The van der Waals surface area contributed by atoms with E-state index in [4.69, 9.17) is 5.11 Å². The summed E-state index contributed by atoms with van der Waals surface area (Å²) in [6, 6.07) is 7.47. The second-order valence-corrected chi connectivity index (χ2v) is 8.43. The molecule has 5 heteroatoms. The maximum Gasteiger partial charge on any atom is 0.327 e. The van der Waals surface area contributed by atoms with Gasteiger partial charge < -0.3 is 20.3 Å². The lowest BCUT2D eigenvalue weighted by Crippen LogP contribution is -2.18. The number of phenolic OH excluding ortho intramolecular Hbond substituents is 1. The Morgan fingerprint density at radius 1 is 1.03 bits per heavy atom. The topological polar surface area (TPSA) is 86.6 Å². The second-order valence-electron chi connectivity index (χ2n) is 8.43. The van der Waals surface area contributed by atoms with Crippen LogP contribution in [0.2, 0.25) is 0 Å². The zero-order valence-corrected chi connectivity index (χ0v) is 18.6. The molecule has 1 rings (SSSR count). The highest BCUT2D eigenvalue weighted by atomic mass is 16.4. The number of aldehydes is 1. The summed E-state index contributed by atoms with van der Waals surface area (Å²) in [7, 11) is 1.89. The van der Waals surface area contributed by atoms with E-state index in [1.165, 1.54) is 11.6 Å². The van der Waals surface area contributed by atoms with Crippen LogP contribution in [0.5, 0.6) is 5.75 Å². The number of benzene rings is 1. The number of aromatic hydroxyl groups is 1. The molecule has 0 bridgehead atoms. The van der Waals surface area contributed by atoms with Crippen LogP contribution in [-0.2, 0) is 16.0 Å². The molecule has 168 valence electrons. The first kappa shape index (κ1) is 25.9. The first-order valence-electron chi connectivity index (χ1n) is 11.2. The minimum absolute atomic E-state index is 0.153. The van der Waals surface area contributed by atoms with Crippen molar-refractivity contribution in [3.05, 3.63) is 42.0 Å². The standard InChI is InChI=1S/C25H39NO4/c1-20(19-27)7-4-3-5-8-21(17-22-11-14-24(28)15-12-22)9-6-10-23(18-26-2)13-16-25(29)30/h11-16,19-21,23,26,28H,3-10,17-18H2,1-2H3,(H,29,30). The van der Waals surface area contributed by atoms with E-state index in [9.17, 15) is 14.7 Å². The van der Waals surface area contributed by atoms with Gasteiger partial charge in [0, 0.05) is 18.5 Å². The van der Waals surface area contributed by atoms with E-state index < -0.39 is 5.97 Å². The Labute approximate surface area is 181 Å². The third-order valence-corrected chi connectivity index (χ3v) is 5.63. The van der Waals surface area contributed by atoms with Crippen molar-refractivity contribution < 1.29 is 19.8 Å². The van der Waals surface area contributed by atoms with Gasteiger partial charge in [-0.3, -0.25) is 0 Å². The predicted molar refractivity (Wildman–Crippen MR) is 122 cm³/mol. The van der Waals surface area contributed by atoms with Crippen molar-refractivity contribution in [3.8, 4) is 5.75 Å². The molecule has 1 aromatic rings. The summed E-state index contributed by atoms with van der Waals surface area (Å²) in [5, 5.41) is 21.5. The van der Waals surface area contributed by atoms with Gasteiger partial charge in [0.15, 0.2) is 0 Å². The predicted octanol–water partition coefficient (Wildman–Crippen LogP) is 4.98. The fourth-order valence-corrected chi connectivity index (χ4v) is 3.87. The zero-order chi connectivity index (χ0) is 22.2. The molecule has 0 saturated carbocycles. The first-order valence-corrected chi connectivity index (χ1v) is 11.2. The van der Waals surface area contributed by atoms with Crippen LogP contribution in [0.1, 0.15) is 63.9 Å². The van der Waals surface area contributed by atoms with Crippen molar-refractivity contribution >= 4 is 12.3 Å². The highest BCUT2D eigenvalue weighted by molar-refractivity contribution is 5.79. The molecule has 0 fully saturated rings. The minimum atomic E-state index is -0.898. The molecule has 3 N–H and O–H groups in total. The molecule has 0 radical (unpaired) electrons. The smallest absolute Gasteiger partial charge is 0.327 e. The molecule has 0 amide bonds. The monoisotopic (exact) mass is 417 g/mol. The summed E-state index contributed by atoms with van der Waals surface area (Å²) < 4.78 is 0. The molecule has 5 nitrogen and oxygen atoms in total. The van der Waals surface area contributed by atoms with Gasteiger partial charge in [0.1, 0.15) is 12.0 Å². The normalized spacial score (nSPS) is 14.5. The molecular formula is C25H39NO4. The summed E-state index contributed by atoms with van der Waals surface area (Å²) in [4.78, 5) is 21.6. The van der Waals surface area contributed by atoms with Gasteiger partial charge in [0.05, 0.1) is 0 Å². The molecule has 1 aromatic carbocycles. The molecule has 0 aliphatic rings. The largest absolute Gasteiger partial charge is 0.508 e. The highest BCUT2D eigenvalue weighted by Gasteiger charge is 2.12. The van der Waals surface area contributed by atoms with Crippen molar-refractivity contribution in [2.45, 2.75) is 64.7 Å². The van der Waals surface area contributed by atoms with Crippen molar-refractivity contribution in [1.82, 2.24) is 5.32 Å². The van der Waals surface area contributed by atoms with E-state index in [0.717, 1.165) is 70.6 Å². The lowest BCUT2D eigenvalue weighted by atomic mass is 9.87. The van der Waals surface area contributed by atoms with Gasteiger partial charge in [0.2, 0.25) is 0 Å². The minimum Gasteiger partial charge on any atom is -0.508 e. The van der Waals surface area contributed by atoms with Crippen LogP contribution >= 0.6 is 0 Å². The Balaban J connectivity index is 2.54. The summed E-state index contributed by atoms with van der Waals surface area (Å²) in [6.07, 6.45) is 13.7. The Morgan fingerprint density at radius 2 is 1.70 bits per heavy atom. The third-order valence-electron chi connectivity index (χ3n) is 5.63. The van der Waals surface area contributed by atoms with E-state index in [1.807, 2.05) is 26.1 Å². The zero-order valence-electron chi connectivity index (χ0n) is 18.6. The van der Waals surface area contributed by atoms with Crippen LogP contribution < -0.4 is 5.32 Å². The van der Waals surface area contributed by atoms with Gasteiger partial charge in [-0.15, -0.1) is 0 Å². The molecule has 0 saturated heterocycles. The molecule has 0 aliphatic carbocycles. The lowest BCUT2D eigenvalue weighted by molar-refractivity contribution is -0.131. The van der Waals surface area contributed by atoms with Gasteiger partial charge in [-0.2, -0.15) is 0 Å². The number of carbonyl (C=O) groups is 2. The van der Waals surface area contributed by atoms with Crippen molar-refractivity contribution in [1.29, 1.82) is 0 Å². The van der Waals surface area contributed by atoms with Gasteiger partial charge in [-0.25, -0.2) is 4.79 Å². The maximum atomic E-state index is 10.8. The van der Waals surface area contributed by atoms with E-state index >= 15 is 0 Å². The number of carbonyl (C=O) groups excluding carboxylic acids is 1. The SMILES string of the molecule is CNCC(C=CC(=O)O)CCCC(CCCCCC(C)C=O)Cc1ccc(O)cc1. The number of hydrogen-bond donors (Lipinski definition) is 3. The maximum absolute atomic E-state index is 10.8. The van der Waals surface area contributed by atoms with Crippen LogP contribution in [-0.4, -0.2) is 36.1 Å². The van der Waals surface area contributed by atoms with Crippen molar-refractivity contribution in [2.24, 2.45) is 17.8 Å². The number of hydrogen-bond acceptors (Lipinski definition) is 4. The molecule has 0 aliphatic heterocycles. The molecule has 0 aromatic heterocycles. The fourth-order valence-electron chi connectivity index (χ4n) is 3.87. The Morgan fingerprint density at radius 3 is 2.33 bits per heavy atom. The van der Waals surface area contributed by atoms with Crippen LogP contribution in [0.4, 0.5) is 0 Å². The fraction of sp³-hybridized carbons (Fsp3) is 0.600. The molecule has 3 unspecified atom stereocenters. The molecular weight excluding hydrogens is 378 g/mol.